The Bertz CT molecular complexity index is 232. The van der Waals surface area contributed by atoms with Gasteiger partial charge in [-0.2, -0.15) is 0 Å². The van der Waals surface area contributed by atoms with E-state index in [4.69, 9.17) is 11.5 Å². The number of hydrogen-bond acceptors (Lipinski definition) is 3. The van der Waals surface area contributed by atoms with Crippen LogP contribution < -0.4 is 11.5 Å². The number of primary amides is 1. The summed E-state index contributed by atoms with van der Waals surface area (Å²) in [5.74, 6) is 0.437. The van der Waals surface area contributed by atoms with Crippen molar-refractivity contribution in [2.45, 2.75) is 51.1 Å². The number of likely N-dealkylation sites (N-methyl/N-ethyl adjacent to an activating group) is 1. The maximum absolute atomic E-state index is 11.0. The number of nitrogens with zero attached hydrogens (tertiary/aromatic N) is 1. The van der Waals surface area contributed by atoms with Gasteiger partial charge in [-0.3, -0.25) is 9.69 Å². The molecule has 1 fully saturated rings. The number of amides is 1. The smallest absolute Gasteiger partial charge is 0.219 e. The molecule has 0 radical (unpaired) electrons. The molecule has 1 amide bonds. The second-order valence-electron chi connectivity index (χ2n) is 5.05. The quantitative estimate of drug-likeness (QED) is 0.726. The lowest BCUT2D eigenvalue weighted by molar-refractivity contribution is -0.119. The van der Waals surface area contributed by atoms with E-state index in [0.29, 0.717) is 24.9 Å². The summed E-state index contributed by atoms with van der Waals surface area (Å²) in [6.07, 6.45) is 5.48. The van der Waals surface area contributed by atoms with Crippen molar-refractivity contribution in [3.05, 3.63) is 0 Å². The highest BCUT2D eigenvalue weighted by Gasteiger charge is 2.29. The van der Waals surface area contributed by atoms with Crippen molar-refractivity contribution in [1.29, 1.82) is 0 Å². The Morgan fingerprint density at radius 3 is 2.56 bits per heavy atom. The van der Waals surface area contributed by atoms with Gasteiger partial charge in [0.2, 0.25) is 5.91 Å². The molecule has 0 aliphatic heterocycles. The Hall–Kier alpha value is -0.610. The SMILES string of the molecule is CC1CCCCC1N(C)C(CN)CC(N)=O. The van der Waals surface area contributed by atoms with E-state index in [0.717, 1.165) is 0 Å². The molecule has 0 saturated heterocycles. The summed E-state index contributed by atoms with van der Waals surface area (Å²) in [6, 6.07) is 0.657. The van der Waals surface area contributed by atoms with Gasteiger partial charge in [0.25, 0.3) is 0 Å². The molecule has 4 N–H and O–H groups in total. The third-order valence-electron chi connectivity index (χ3n) is 3.87. The first-order valence-electron chi connectivity index (χ1n) is 6.26. The molecule has 94 valence electrons. The first-order chi connectivity index (χ1) is 7.56. The fourth-order valence-corrected chi connectivity index (χ4v) is 2.80. The number of carbonyl (C=O) groups is 1. The molecule has 3 unspecified atom stereocenters. The van der Waals surface area contributed by atoms with Crippen LogP contribution in [0.3, 0.4) is 0 Å². The van der Waals surface area contributed by atoms with E-state index in [9.17, 15) is 4.79 Å². The van der Waals surface area contributed by atoms with Crippen molar-refractivity contribution < 1.29 is 4.79 Å². The van der Waals surface area contributed by atoms with Crippen molar-refractivity contribution in [3.63, 3.8) is 0 Å². The topological polar surface area (TPSA) is 72.3 Å². The van der Waals surface area contributed by atoms with E-state index in [2.05, 4.69) is 18.9 Å². The molecule has 4 nitrogen and oxygen atoms in total. The predicted octanol–water partition coefficient (Wildman–Crippen LogP) is 0.700. The van der Waals surface area contributed by atoms with Gasteiger partial charge in [-0.1, -0.05) is 19.8 Å². The summed E-state index contributed by atoms with van der Waals surface area (Å²) < 4.78 is 0. The van der Waals surface area contributed by atoms with Crippen molar-refractivity contribution >= 4 is 5.91 Å². The monoisotopic (exact) mass is 227 g/mol. The Morgan fingerprint density at radius 2 is 2.06 bits per heavy atom. The largest absolute Gasteiger partial charge is 0.370 e. The first kappa shape index (κ1) is 13.5. The molecule has 0 aromatic carbocycles. The van der Waals surface area contributed by atoms with Crippen LogP contribution in [0.5, 0.6) is 0 Å². The fraction of sp³-hybridized carbons (Fsp3) is 0.917. The lowest BCUT2D eigenvalue weighted by Gasteiger charge is -2.40. The second kappa shape index (κ2) is 6.21. The highest BCUT2D eigenvalue weighted by molar-refractivity contribution is 5.74. The lowest BCUT2D eigenvalue weighted by Crippen LogP contribution is -2.49. The minimum absolute atomic E-state index is 0.100. The Labute approximate surface area is 98.3 Å². The maximum atomic E-state index is 11.0. The van der Waals surface area contributed by atoms with Gasteiger partial charge < -0.3 is 11.5 Å². The van der Waals surface area contributed by atoms with Gasteiger partial charge in [-0.15, -0.1) is 0 Å². The van der Waals surface area contributed by atoms with Crippen LogP contribution in [0.15, 0.2) is 0 Å². The summed E-state index contributed by atoms with van der Waals surface area (Å²) in [4.78, 5) is 13.2. The number of rotatable bonds is 5. The zero-order chi connectivity index (χ0) is 12.1. The number of nitrogens with two attached hydrogens (primary N) is 2. The summed E-state index contributed by atoms with van der Waals surface area (Å²) in [5.41, 5.74) is 11.0. The molecule has 1 aliphatic carbocycles. The molecular weight excluding hydrogens is 202 g/mol. The van der Waals surface area contributed by atoms with Gasteiger partial charge in [0, 0.05) is 25.0 Å². The Balaban J connectivity index is 2.58. The Kier molecular flexibility index (Phi) is 5.22. The average Bonchev–Trinajstić information content (AvgIpc) is 2.25. The summed E-state index contributed by atoms with van der Waals surface area (Å²) in [6.45, 7) is 2.79. The van der Waals surface area contributed by atoms with Gasteiger partial charge in [0.1, 0.15) is 0 Å². The highest BCUT2D eigenvalue weighted by Crippen LogP contribution is 2.28. The van der Waals surface area contributed by atoms with Crippen LogP contribution in [-0.2, 0) is 4.79 Å². The first-order valence-corrected chi connectivity index (χ1v) is 6.26. The minimum Gasteiger partial charge on any atom is -0.370 e. The van der Waals surface area contributed by atoms with Crippen molar-refractivity contribution in [3.8, 4) is 0 Å². The molecule has 1 rings (SSSR count). The third-order valence-corrected chi connectivity index (χ3v) is 3.87. The standard InChI is InChI=1S/C12H25N3O/c1-9-5-3-4-6-11(9)15(2)10(8-13)7-12(14)16/h9-11H,3-8,13H2,1-2H3,(H2,14,16). The Morgan fingerprint density at radius 1 is 1.44 bits per heavy atom. The molecule has 0 heterocycles. The molecule has 1 saturated carbocycles. The van der Waals surface area contributed by atoms with Crippen LogP contribution in [0, 0.1) is 5.92 Å². The van der Waals surface area contributed by atoms with Crippen LogP contribution in [-0.4, -0.2) is 36.5 Å². The predicted molar refractivity (Wildman–Crippen MR) is 65.8 cm³/mol. The van der Waals surface area contributed by atoms with Gasteiger partial charge >= 0.3 is 0 Å². The number of hydrogen-bond donors (Lipinski definition) is 2. The van der Waals surface area contributed by atoms with Gasteiger partial charge in [-0.25, -0.2) is 0 Å². The van der Waals surface area contributed by atoms with Crippen molar-refractivity contribution in [2.75, 3.05) is 13.6 Å². The van der Waals surface area contributed by atoms with Gasteiger partial charge in [-0.05, 0) is 25.8 Å². The molecule has 1 aliphatic rings. The van der Waals surface area contributed by atoms with Crippen LogP contribution >= 0.6 is 0 Å². The van der Waals surface area contributed by atoms with Crippen molar-refractivity contribution in [1.82, 2.24) is 4.90 Å². The fourth-order valence-electron chi connectivity index (χ4n) is 2.80. The average molecular weight is 227 g/mol. The van der Waals surface area contributed by atoms with E-state index < -0.39 is 0 Å². The molecular formula is C12H25N3O. The third kappa shape index (κ3) is 3.46. The normalized spacial score (nSPS) is 28.0. The van der Waals surface area contributed by atoms with Gasteiger partial charge in [0.15, 0.2) is 0 Å². The molecule has 0 bridgehead atoms. The van der Waals surface area contributed by atoms with Crippen molar-refractivity contribution in [2.24, 2.45) is 17.4 Å². The molecule has 3 atom stereocenters. The summed E-state index contributed by atoms with van der Waals surface area (Å²) >= 11 is 0. The molecule has 0 aromatic heterocycles. The van der Waals surface area contributed by atoms with Crippen LogP contribution in [0.1, 0.15) is 39.0 Å². The van der Waals surface area contributed by atoms with E-state index in [1.165, 1.54) is 25.7 Å². The van der Waals surface area contributed by atoms with Crippen LogP contribution in [0.25, 0.3) is 0 Å². The minimum atomic E-state index is -0.259. The van der Waals surface area contributed by atoms with Crippen LogP contribution in [0.4, 0.5) is 0 Å². The number of carbonyl (C=O) groups excluding carboxylic acids is 1. The van der Waals surface area contributed by atoms with E-state index in [1.807, 2.05) is 0 Å². The highest BCUT2D eigenvalue weighted by atomic mass is 16.1. The molecule has 0 aromatic rings. The maximum Gasteiger partial charge on any atom is 0.219 e. The molecule has 0 spiro atoms. The van der Waals surface area contributed by atoms with E-state index in [1.54, 1.807) is 0 Å². The molecule has 16 heavy (non-hydrogen) atoms. The second-order valence-corrected chi connectivity index (χ2v) is 5.05. The molecule has 4 heteroatoms. The zero-order valence-electron chi connectivity index (χ0n) is 10.5. The van der Waals surface area contributed by atoms with E-state index >= 15 is 0 Å². The van der Waals surface area contributed by atoms with Gasteiger partial charge in [0.05, 0.1) is 0 Å². The summed E-state index contributed by atoms with van der Waals surface area (Å²) in [5, 5.41) is 0. The van der Waals surface area contributed by atoms with Crippen LogP contribution in [0.2, 0.25) is 0 Å². The zero-order valence-corrected chi connectivity index (χ0v) is 10.5. The summed E-state index contributed by atoms with van der Waals surface area (Å²) in [7, 11) is 2.08. The lowest BCUT2D eigenvalue weighted by atomic mass is 9.84. The van der Waals surface area contributed by atoms with E-state index in [-0.39, 0.29) is 11.9 Å².